The van der Waals surface area contributed by atoms with Gasteiger partial charge in [-0.15, -0.1) is 0 Å². The second-order valence-corrected chi connectivity index (χ2v) is 4.62. The first-order chi connectivity index (χ1) is 8.54. The average Bonchev–Trinajstić information content (AvgIpc) is 2.35. The number of nitrogens with zero attached hydrogens (tertiary/aromatic N) is 1. The minimum absolute atomic E-state index is 0.0189. The topological polar surface area (TPSA) is 40.5 Å². The monoisotopic (exact) mass is 245 g/mol. The third-order valence-corrected chi connectivity index (χ3v) is 2.43. The van der Waals surface area contributed by atoms with Crippen LogP contribution in [-0.4, -0.2) is 36.1 Å². The van der Waals surface area contributed by atoms with Crippen molar-refractivity contribution >= 4 is 5.91 Å². The number of carbonyl (C=O) groups excluding carboxylic acids is 1. The van der Waals surface area contributed by atoms with Gasteiger partial charge in [-0.05, 0) is 30.2 Å². The maximum Gasteiger partial charge on any atom is 0.253 e. The van der Waals surface area contributed by atoms with Crippen molar-refractivity contribution in [1.82, 2.24) is 4.90 Å². The SMILES string of the molecule is CC(C)CN(C)C(=O)c1ccc(C#CCO)cc1. The Morgan fingerprint density at radius 3 is 2.44 bits per heavy atom. The molecule has 18 heavy (non-hydrogen) atoms. The molecule has 1 aromatic carbocycles. The molecule has 0 aliphatic carbocycles. The van der Waals surface area contributed by atoms with Crippen LogP contribution in [0.15, 0.2) is 24.3 Å². The van der Waals surface area contributed by atoms with Crippen LogP contribution in [0.25, 0.3) is 0 Å². The molecule has 0 fully saturated rings. The molecule has 0 radical (unpaired) electrons. The van der Waals surface area contributed by atoms with E-state index in [2.05, 4.69) is 25.7 Å². The third kappa shape index (κ3) is 4.23. The normalized spacial score (nSPS) is 9.83. The highest BCUT2D eigenvalue weighted by molar-refractivity contribution is 5.94. The highest BCUT2D eigenvalue weighted by atomic mass is 16.2. The number of hydrogen-bond acceptors (Lipinski definition) is 2. The lowest BCUT2D eigenvalue weighted by Crippen LogP contribution is -2.30. The van der Waals surface area contributed by atoms with E-state index >= 15 is 0 Å². The Labute approximate surface area is 108 Å². The Kier molecular flexibility index (Phi) is 5.41. The molecule has 0 unspecified atom stereocenters. The smallest absolute Gasteiger partial charge is 0.253 e. The summed E-state index contributed by atoms with van der Waals surface area (Å²) >= 11 is 0. The highest BCUT2D eigenvalue weighted by Crippen LogP contribution is 2.07. The fraction of sp³-hybridized carbons (Fsp3) is 0.400. The lowest BCUT2D eigenvalue weighted by atomic mass is 10.1. The van der Waals surface area contributed by atoms with Crippen LogP contribution < -0.4 is 0 Å². The standard InChI is InChI=1S/C15H19NO2/c1-12(2)11-16(3)15(18)14-8-6-13(7-9-14)5-4-10-17/h6-9,12,17H,10-11H2,1-3H3. The lowest BCUT2D eigenvalue weighted by Gasteiger charge is -2.19. The molecule has 0 saturated carbocycles. The largest absolute Gasteiger partial charge is 0.384 e. The van der Waals surface area contributed by atoms with Crippen LogP contribution in [0.1, 0.15) is 29.8 Å². The predicted octanol–water partition coefficient (Wildman–Crippen LogP) is 1.76. The van der Waals surface area contributed by atoms with E-state index in [1.165, 1.54) is 0 Å². The van der Waals surface area contributed by atoms with Gasteiger partial charge >= 0.3 is 0 Å². The first-order valence-electron chi connectivity index (χ1n) is 6.00. The van der Waals surface area contributed by atoms with Gasteiger partial charge in [0.2, 0.25) is 0 Å². The zero-order chi connectivity index (χ0) is 13.5. The van der Waals surface area contributed by atoms with Gasteiger partial charge in [0.05, 0.1) is 0 Å². The molecule has 0 bridgehead atoms. The first kappa shape index (κ1) is 14.3. The summed E-state index contributed by atoms with van der Waals surface area (Å²) in [6.45, 7) is 4.75. The summed E-state index contributed by atoms with van der Waals surface area (Å²) in [5.74, 6) is 5.84. The van der Waals surface area contributed by atoms with Crippen molar-refractivity contribution in [2.75, 3.05) is 20.2 Å². The van der Waals surface area contributed by atoms with Crippen LogP contribution >= 0.6 is 0 Å². The van der Waals surface area contributed by atoms with Crippen LogP contribution in [0.4, 0.5) is 0 Å². The molecule has 0 heterocycles. The van der Waals surface area contributed by atoms with Gasteiger partial charge in [-0.25, -0.2) is 0 Å². The van der Waals surface area contributed by atoms with Crippen LogP contribution in [-0.2, 0) is 0 Å². The quantitative estimate of drug-likeness (QED) is 0.824. The average molecular weight is 245 g/mol. The molecule has 1 amide bonds. The summed E-state index contributed by atoms with van der Waals surface area (Å²) in [6, 6.07) is 7.11. The van der Waals surface area contributed by atoms with Gasteiger partial charge in [-0.2, -0.15) is 0 Å². The molecule has 0 aliphatic rings. The van der Waals surface area contributed by atoms with Crippen molar-refractivity contribution < 1.29 is 9.90 Å². The summed E-state index contributed by atoms with van der Waals surface area (Å²) < 4.78 is 0. The number of rotatable bonds is 3. The number of aliphatic hydroxyl groups excluding tert-OH is 1. The van der Waals surface area contributed by atoms with Gasteiger partial charge in [-0.1, -0.05) is 25.7 Å². The molecule has 96 valence electrons. The van der Waals surface area contributed by atoms with Gasteiger partial charge in [0.1, 0.15) is 6.61 Å². The van der Waals surface area contributed by atoms with E-state index in [-0.39, 0.29) is 12.5 Å². The molecule has 1 N–H and O–H groups in total. The van der Waals surface area contributed by atoms with Crippen LogP contribution in [0, 0.1) is 17.8 Å². The van der Waals surface area contributed by atoms with E-state index in [0.29, 0.717) is 11.5 Å². The van der Waals surface area contributed by atoms with Crippen molar-refractivity contribution in [1.29, 1.82) is 0 Å². The maximum absolute atomic E-state index is 12.1. The molecule has 0 spiro atoms. The zero-order valence-electron chi connectivity index (χ0n) is 11.1. The van der Waals surface area contributed by atoms with E-state index < -0.39 is 0 Å². The molecular weight excluding hydrogens is 226 g/mol. The maximum atomic E-state index is 12.1. The Morgan fingerprint density at radius 2 is 1.94 bits per heavy atom. The number of carbonyl (C=O) groups is 1. The van der Waals surface area contributed by atoms with Gasteiger partial charge in [0.25, 0.3) is 5.91 Å². The molecule has 3 heteroatoms. The summed E-state index contributed by atoms with van der Waals surface area (Å²) in [7, 11) is 1.81. The molecule has 0 aromatic heterocycles. The number of amides is 1. The fourth-order valence-corrected chi connectivity index (χ4v) is 1.69. The minimum Gasteiger partial charge on any atom is -0.384 e. The molecule has 3 nitrogen and oxygen atoms in total. The molecular formula is C15H19NO2. The molecule has 0 aliphatic heterocycles. The summed E-state index contributed by atoms with van der Waals surface area (Å²) in [4.78, 5) is 13.8. The number of hydrogen-bond donors (Lipinski definition) is 1. The summed E-state index contributed by atoms with van der Waals surface area (Å²) in [5, 5.41) is 8.59. The van der Waals surface area contributed by atoms with Gasteiger partial charge in [-0.3, -0.25) is 4.79 Å². The summed E-state index contributed by atoms with van der Waals surface area (Å²) in [6.07, 6.45) is 0. The van der Waals surface area contributed by atoms with Gasteiger partial charge in [0.15, 0.2) is 0 Å². The van der Waals surface area contributed by atoms with E-state index in [1.807, 2.05) is 7.05 Å². The Balaban J connectivity index is 2.75. The molecule has 1 rings (SSSR count). The van der Waals surface area contributed by atoms with Crippen LogP contribution in [0.3, 0.4) is 0 Å². The molecule has 0 atom stereocenters. The van der Waals surface area contributed by atoms with E-state index in [4.69, 9.17) is 5.11 Å². The first-order valence-corrected chi connectivity index (χ1v) is 6.00. The Hall–Kier alpha value is -1.79. The third-order valence-electron chi connectivity index (χ3n) is 2.43. The van der Waals surface area contributed by atoms with Crippen molar-refractivity contribution in [3.63, 3.8) is 0 Å². The van der Waals surface area contributed by atoms with Crippen LogP contribution in [0.5, 0.6) is 0 Å². The number of aliphatic hydroxyl groups is 1. The second-order valence-electron chi connectivity index (χ2n) is 4.62. The number of benzene rings is 1. The van der Waals surface area contributed by atoms with Gasteiger partial charge in [0, 0.05) is 24.7 Å². The Morgan fingerprint density at radius 1 is 1.33 bits per heavy atom. The zero-order valence-corrected chi connectivity index (χ0v) is 11.1. The van der Waals surface area contributed by atoms with Crippen LogP contribution in [0.2, 0.25) is 0 Å². The predicted molar refractivity (Wildman–Crippen MR) is 72.2 cm³/mol. The van der Waals surface area contributed by atoms with E-state index in [1.54, 1.807) is 29.2 Å². The van der Waals surface area contributed by atoms with E-state index in [0.717, 1.165) is 12.1 Å². The van der Waals surface area contributed by atoms with Crippen molar-refractivity contribution in [2.24, 2.45) is 5.92 Å². The Bertz CT molecular complexity index is 452. The lowest BCUT2D eigenvalue weighted by molar-refractivity contribution is 0.0779. The van der Waals surface area contributed by atoms with Gasteiger partial charge < -0.3 is 10.0 Å². The van der Waals surface area contributed by atoms with Crippen molar-refractivity contribution in [3.8, 4) is 11.8 Å². The van der Waals surface area contributed by atoms with Crippen molar-refractivity contribution in [2.45, 2.75) is 13.8 Å². The highest BCUT2D eigenvalue weighted by Gasteiger charge is 2.12. The van der Waals surface area contributed by atoms with Crippen molar-refractivity contribution in [3.05, 3.63) is 35.4 Å². The van der Waals surface area contributed by atoms with E-state index in [9.17, 15) is 4.79 Å². The molecule has 0 saturated heterocycles. The summed E-state index contributed by atoms with van der Waals surface area (Å²) in [5.41, 5.74) is 1.46. The second kappa shape index (κ2) is 6.83. The fourth-order valence-electron chi connectivity index (χ4n) is 1.69. The minimum atomic E-state index is -0.155. The molecule has 1 aromatic rings.